The maximum atomic E-state index is 11.1. The Morgan fingerprint density at radius 1 is 1.14 bits per heavy atom. The molecule has 1 N–H and O–H groups in total. The summed E-state index contributed by atoms with van der Waals surface area (Å²) in [6.45, 7) is 1.50. The first kappa shape index (κ1) is 13.5. The molecule has 0 bridgehead atoms. The van der Waals surface area contributed by atoms with E-state index in [1.165, 1.54) is 6.92 Å². The van der Waals surface area contributed by atoms with Gasteiger partial charge in [0, 0.05) is 41.5 Å². The van der Waals surface area contributed by atoms with Gasteiger partial charge in [0.25, 0.3) is 0 Å². The molecule has 0 fully saturated rings. The van der Waals surface area contributed by atoms with Crippen molar-refractivity contribution in [2.45, 2.75) is 6.92 Å². The summed E-state index contributed by atoms with van der Waals surface area (Å²) < 4.78 is 0. The fourth-order valence-corrected chi connectivity index (χ4v) is 2.83. The van der Waals surface area contributed by atoms with Crippen molar-refractivity contribution < 1.29 is 4.79 Å². The van der Waals surface area contributed by atoms with E-state index in [4.69, 9.17) is 0 Å². The van der Waals surface area contributed by atoms with Gasteiger partial charge in [-0.05, 0) is 24.3 Å². The summed E-state index contributed by atoms with van der Waals surface area (Å²) in [5.41, 5.74) is 3.72. The van der Waals surface area contributed by atoms with Gasteiger partial charge in [0.2, 0.25) is 5.91 Å². The topological polar surface area (TPSA) is 54.9 Å². The number of rotatable bonds is 3. The zero-order valence-electron chi connectivity index (χ0n) is 11.4. The lowest BCUT2D eigenvalue weighted by Crippen LogP contribution is -2.05. The van der Waals surface area contributed by atoms with Gasteiger partial charge in [0.05, 0.1) is 5.69 Å². The molecule has 2 heterocycles. The molecule has 104 valence electrons. The molecule has 1 aromatic carbocycles. The van der Waals surface area contributed by atoms with Crippen molar-refractivity contribution in [1.82, 2.24) is 9.97 Å². The Morgan fingerprint density at radius 2 is 1.95 bits per heavy atom. The van der Waals surface area contributed by atoms with Gasteiger partial charge in [-0.1, -0.05) is 12.1 Å². The molecular weight excluding hydrogens is 282 g/mol. The summed E-state index contributed by atoms with van der Waals surface area (Å²) in [6.07, 6.45) is 3.52. The fourth-order valence-electron chi connectivity index (χ4n) is 1.99. The third-order valence-corrected chi connectivity index (χ3v) is 3.80. The van der Waals surface area contributed by atoms with Gasteiger partial charge in [0.1, 0.15) is 5.01 Å². The van der Waals surface area contributed by atoms with E-state index in [0.29, 0.717) is 0 Å². The number of nitrogens with zero attached hydrogens (tertiary/aromatic N) is 2. The predicted molar refractivity (Wildman–Crippen MR) is 85.1 cm³/mol. The van der Waals surface area contributed by atoms with E-state index < -0.39 is 0 Å². The molecule has 3 rings (SSSR count). The van der Waals surface area contributed by atoms with Crippen molar-refractivity contribution in [2.24, 2.45) is 0 Å². The fraction of sp³-hybridized carbons (Fsp3) is 0.0625. The van der Waals surface area contributed by atoms with Crippen molar-refractivity contribution in [3.8, 4) is 21.8 Å². The zero-order valence-corrected chi connectivity index (χ0v) is 12.2. The number of thiazole rings is 1. The van der Waals surface area contributed by atoms with Crippen molar-refractivity contribution in [2.75, 3.05) is 5.32 Å². The van der Waals surface area contributed by atoms with Crippen LogP contribution in [-0.4, -0.2) is 15.9 Å². The first-order valence-corrected chi connectivity index (χ1v) is 7.34. The monoisotopic (exact) mass is 295 g/mol. The Kier molecular flexibility index (Phi) is 3.75. The molecule has 0 aliphatic carbocycles. The van der Waals surface area contributed by atoms with E-state index in [0.717, 1.165) is 27.5 Å². The van der Waals surface area contributed by atoms with E-state index in [9.17, 15) is 4.79 Å². The molecule has 0 saturated heterocycles. The largest absolute Gasteiger partial charge is 0.326 e. The second-order valence-corrected chi connectivity index (χ2v) is 5.39. The zero-order chi connectivity index (χ0) is 14.7. The molecule has 1 amide bonds. The third-order valence-electron chi connectivity index (χ3n) is 2.91. The Morgan fingerprint density at radius 3 is 2.71 bits per heavy atom. The van der Waals surface area contributed by atoms with Gasteiger partial charge in [-0.15, -0.1) is 11.3 Å². The average Bonchev–Trinajstić information content (AvgIpc) is 2.98. The lowest BCUT2D eigenvalue weighted by atomic mass is 10.1. The molecule has 0 radical (unpaired) electrons. The minimum absolute atomic E-state index is 0.0806. The highest BCUT2D eigenvalue weighted by atomic mass is 32.1. The summed E-state index contributed by atoms with van der Waals surface area (Å²) in [6, 6.07) is 11.6. The van der Waals surface area contributed by atoms with Crippen LogP contribution in [0.5, 0.6) is 0 Å². The SMILES string of the molecule is CC(=O)Nc1cccc(-c2csc(-c3ccncc3)n2)c1. The molecule has 3 aromatic rings. The van der Waals surface area contributed by atoms with E-state index in [1.807, 2.05) is 41.8 Å². The highest BCUT2D eigenvalue weighted by molar-refractivity contribution is 7.13. The van der Waals surface area contributed by atoms with Crippen LogP contribution < -0.4 is 5.32 Å². The van der Waals surface area contributed by atoms with Crippen LogP contribution in [-0.2, 0) is 4.79 Å². The van der Waals surface area contributed by atoms with E-state index in [2.05, 4.69) is 15.3 Å². The summed E-state index contributed by atoms with van der Waals surface area (Å²) in [7, 11) is 0. The van der Waals surface area contributed by atoms with Crippen LogP contribution in [0.1, 0.15) is 6.92 Å². The Labute approximate surface area is 126 Å². The number of nitrogens with one attached hydrogen (secondary N) is 1. The van der Waals surface area contributed by atoms with Crippen LogP contribution in [0.15, 0.2) is 54.2 Å². The lowest BCUT2D eigenvalue weighted by molar-refractivity contribution is -0.114. The van der Waals surface area contributed by atoms with Crippen LogP contribution in [0.3, 0.4) is 0 Å². The quantitative estimate of drug-likeness (QED) is 0.799. The summed E-state index contributed by atoms with van der Waals surface area (Å²) in [4.78, 5) is 19.8. The number of pyridine rings is 1. The molecule has 0 atom stereocenters. The number of aromatic nitrogens is 2. The maximum absolute atomic E-state index is 11.1. The first-order valence-electron chi connectivity index (χ1n) is 6.46. The van der Waals surface area contributed by atoms with Crippen molar-refractivity contribution >= 4 is 22.9 Å². The maximum Gasteiger partial charge on any atom is 0.221 e. The molecule has 0 saturated carbocycles. The Hall–Kier alpha value is -2.53. The van der Waals surface area contributed by atoms with Crippen LogP contribution in [0.4, 0.5) is 5.69 Å². The molecule has 0 aliphatic rings. The average molecular weight is 295 g/mol. The first-order chi connectivity index (χ1) is 10.2. The van der Waals surface area contributed by atoms with Gasteiger partial charge < -0.3 is 5.32 Å². The molecule has 0 unspecified atom stereocenters. The number of amides is 1. The summed E-state index contributed by atoms with van der Waals surface area (Å²) in [5, 5.41) is 5.75. The highest BCUT2D eigenvalue weighted by Crippen LogP contribution is 2.29. The van der Waals surface area contributed by atoms with Crippen LogP contribution in [0.2, 0.25) is 0 Å². The van der Waals surface area contributed by atoms with Crippen LogP contribution in [0, 0.1) is 0 Å². The standard InChI is InChI=1S/C16H13N3OS/c1-11(20)18-14-4-2-3-13(9-14)15-10-21-16(19-15)12-5-7-17-8-6-12/h2-10H,1H3,(H,18,20). The van der Waals surface area contributed by atoms with E-state index >= 15 is 0 Å². The van der Waals surface area contributed by atoms with Gasteiger partial charge >= 0.3 is 0 Å². The number of hydrogen-bond donors (Lipinski definition) is 1. The Balaban J connectivity index is 1.91. The highest BCUT2D eigenvalue weighted by Gasteiger charge is 2.07. The molecule has 4 nitrogen and oxygen atoms in total. The van der Waals surface area contributed by atoms with Gasteiger partial charge in [-0.25, -0.2) is 4.98 Å². The minimum Gasteiger partial charge on any atom is -0.326 e. The number of benzene rings is 1. The van der Waals surface area contributed by atoms with E-state index in [-0.39, 0.29) is 5.91 Å². The summed E-state index contributed by atoms with van der Waals surface area (Å²) in [5.74, 6) is -0.0806. The van der Waals surface area contributed by atoms with Crippen molar-refractivity contribution in [3.05, 3.63) is 54.2 Å². The smallest absolute Gasteiger partial charge is 0.221 e. The summed E-state index contributed by atoms with van der Waals surface area (Å²) >= 11 is 1.59. The molecule has 0 spiro atoms. The van der Waals surface area contributed by atoms with Crippen molar-refractivity contribution in [3.63, 3.8) is 0 Å². The number of anilines is 1. The number of hydrogen-bond acceptors (Lipinski definition) is 4. The molecule has 2 aromatic heterocycles. The van der Waals surface area contributed by atoms with Crippen LogP contribution in [0.25, 0.3) is 21.8 Å². The minimum atomic E-state index is -0.0806. The van der Waals surface area contributed by atoms with Gasteiger partial charge in [-0.2, -0.15) is 0 Å². The molecule has 5 heteroatoms. The molecule has 0 aliphatic heterocycles. The molecular formula is C16H13N3OS. The normalized spacial score (nSPS) is 10.3. The second kappa shape index (κ2) is 5.85. The molecule has 21 heavy (non-hydrogen) atoms. The van der Waals surface area contributed by atoms with Gasteiger partial charge in [0.15, 0.2) is 0 Å². The van der Waals surface area contributed by atoms with Gasteiger partial charge in [-0.3, -0.25) is 9.78 Å². The number of carbonyl (C=O) groups excluding carboxylic acids is 1. The predicted octanol–water partition coefficient (Wildman–Crippen LogP) is 3.83. The van der Waals surface area contributed by atoms with Crippen molar-refractivity contribution in [1.29, 1.82) is 0 Å². The van der Waals surface area contributed by atoms with E-state index in [1.54, 1.807) is 23.7 Å². The van der Waals surface area contributed by atoms with Crippen LogP contribution >= 0.6 is 11.3 Å². The third kappa shape index (κ3) is 3.14. The number of carbonyl (C=O) groups is 1. The Bertz CT molecular complexity index is 768. The second-order valence-electron chi connectivity index (χ2n) is 4.54. The lowest BCUT2D eigenvalue weighted by Gasteiger charge is -2.03.